The van der Waals surface area contributed by atoms with E-state index in [0.717, 1.165) is 22.3 Å². The number of carbonyl (C=O) groups is 3. The number of carbonyl (C=O) groups excluding carboxylic acids is 3. The molecule has 0 spiro atoms. The van der Waals surface area contributed by atoms with Gasteiger partial charge >= 0.3 is 0 Å². The lowest BCUT2D eigenvalue weighted by atomic mass is 9.97. The molecule has 0 unspecified atom stereocenters. The zero-order chi connectivity index (χ0) is 43.6. The molecule has 0 radical (unpaired) electrons. The van der Waals surface area contributed by atoms with Gasteiger partial charge in [-0.15, -0.1) is 0 Å². The summed E-state index contributed by atoms with van der Waals surface area (Å²) in [7, 11) is 0. The first-order chi connectivity index (χ1) is 30.8. The molecule has 5 aliphatic heterocycles. The molecule has 12 heteroatoms. The standard InChI is InChI=1S/C51H33N5O6S/c57-25-45(60)29-1-7-32(8-2-29)48-37-17-19-39(53-37)49(33-9-3-30(4-10-33)46(61)26-58)41-21-23-43(55-41)51(35-13-15-36(16-14-35)52-28-63)44-24-22-42(56-44)50(40-20-18-38(48)54-40)34-11-5-31(6-12-34)47(62)27-59/h1-24,57-59H,25-27H2. The summed E-state index contributed by atoms with van der Waals surface area (Å²) in [6.45, 7) is -1.85. The van der Waals surface area contributed by atoms with Crippen molar-refractivity contribution in [2.24, 2.45) is 25.0 Å². The second-order valence-electron chi connectivity index (χ2n) is 14.6. The van der Waals surface area contributed by atoms with Crippen LogP contribution in [-0.4, -0.2) is 80.5 Å². The highest BCUT2D eigenvalue weighted by atomic mass is 32.1. The molecular weight excluding hydrogens is 811 g/mol. The first-order valence-corrected chi connectivity index (χ1v) is 20.1. The molecule has 304 valence electrons. The Kier molecular flexibility index (Phi) is 11.1. The van der Waals surface area contributed by atoms with E-state index in [0.29, 0.717) is 90.3 Å². The highest BCUT2D eigenvalue weighted by Gasteiger charge is 2.28. The summed E-state index contributed by atoms with van der Waals surface area (Å²) < 4.78 is 0. The van der Waals surface area contributed by atoms with Gasteiger partial charge in [0.15, 0.2) is 17.3 Å². The summed E-state index contributed by atoms with van der Waals surface area (Å²) in [6, 6.07) is 28.3. The monoisotopic (exact) mass is 843 g/mol. The van der Waals surface area contributed by atoms with Gasteiger partial charge in [0.1, 0.15) is 19.8 Å². The van der Waals surface area contributed by atoms with Crippen molar-refractivity contribution in [1.29, 1.82) is 0 Å². The maximum atomic E-state index is 12.4. The topological polar surface area (TPSA) is 174 Å². The summed E-state index contributed by atoms with van der Waals surface area (Å²) in [5, 5.41) is 31.1. The minimum Gasteiger partial charge on any atom is -0.388 e. The van der Waals surface area contributed by atoms with Crippen LogP contribution in [0, 0.1) is 0 Å². The van der Waals surface area contributed by atoms with Crippen molar-refractivity contribution in [3.63, 3.8) is 0 Å². The Morgan fingerprint density at radius 2 is 0.667 bits per heavy atom. The second-order valence-corrected chi connectivity index (χ2v) is 14.8. The molecule has 0 atom stereocenters. The number of aliphatic imine (C=N–C) groups is 5. The minimum absolute atomic E-state index is 0.353. The van der Waals surface area contributed by atoms with Crippen molar-refractivity contribution in [3.05, 3.63) is 207 Å². The highest BCUT2D eigenvalue weighted by Crippen LogP contribution is 2.39. The van der Waals surface area contributed by atoms with E-state index in [2.05, 4.69) is 10.2 Å². The summed E-state index contributed by atoms with van der Waals surface area (Å²) in [6.07, 6.45) is 15.3. The molecule has 63 heavy (non-hydrogen) atoms. The summed E-state index contributed by atoms with van der Waals surface area (Å²) >= 11 is 4.85. The van der Waals surface area contributed by atoms with Crippen LogP contribution in [0.5, 0.6) is 0 Å². The number of aliphatic hydroxyl groups is 3. The predicted molar refractivity (Wildman–Crippen MR) is 249 cm³/mol. The van der Waals surface area contributed by atoms with Gasteiger partial charge in [-0.2, -0.15) is 4.99 Å². The van der Waals surface area contributed by atoms with E-state index in [1.807, 2.05) is 72.9 Å². The third-order valence-electron chi connectivity index (χ3n) is 10.9. The lowest BCUT2D eigenvalue weighted by Gasteiger charge is -2.13. The number of allylic oxidation sites excluding steroid dienone is 12. The van der Waals surface area contributed by atoms with Crippen molar-refractivity contribution < 1.29 is 29.7 Å². The normalized spacial score (nSPS) is 16.1. The molecule has 4 aromatic carbocycles. The Morgan fingerprint density at radius 1 is 0.413 bits per heavy atom. The van der Waals surface area contributed by atoms with E-state index in [1.165, 1.54) is 0 Å². The van der Waals surface area contributed by atoms with Crippen molar-refractivity contribution in [2.45, 2.75) is 0 Å². The van der Waals surface area contributed by atoms with E-state index in [-0.39, 0.29) is 0 Å². The molecule has 0 saturated carbocycles. The van der Waals surface area contributed by atoms with E-state index < -0.39 is 37.2 Å². The number of ketones is 3. The van der Waals surface area contributed by atoms with E-state index in [1.54, 1.807) is 72.8 Å². The molecule has 0 saturated heterocycles. The number of thiocarbonyl (C=S) groups is 1. The van der Waals surface area contributed by atoms with Crippen molar-refractivity contribution in [3.8, 4) is 0 Å². The Bertz CT molecular complexity index is 3050. The van der Waals surface area contributed by atoms with Gasteiger partial charge in [-0.05, 0) is 95.2 Å². The first-order valence-electron chi connectivity index (χ1n) is 19.7. The van der Waals surface area contributed by atoms with Crippen molar-refractivity contribution in [1.82, 2.24) is 0 Å². The molecule has 4 aromatic rings. The Labute approximate surface area is 366 Å². The van der Waals surface area contributed by atoms with Crippen molar-refractivity contribution in [2.75, 3.05) is 19.8 Å². The molecule has 3 N–H and O–H groups in total. The lowest BCUT2D eigenvalue weighted by Crippen LogP contribution is -2.06. The molecular formula is C51H33N5O6S. The molecule has 0 fully saturated rings. The second kappa shape index (κ2) is 17.3. The number of Topliss-reactive ketones (excluding diaryl/α,β-unsaturated/α-hetero) is 3. The van der Waals surface area contributed by atoms with Gasteiger partial charge in [0, 0.05) is 39.0 Å². The molecule has 8 bridgehead atoms. The van der Waals surface area contributed by atoms with Crippen molar-refractivity contribution >= 4 is 85.6 Å². The zero-order valence-electron chi connectivity index (χ0n) is 33.2. The van der Waals surface area contributed by atoms with Gasteiger partial charge < -0.3 is 15.3 Å². The van der Waals surface area contributed by atoms with Crippen LogP contribution in [-0.2, 0) is 0 Å². The van der Waals surface area contributed by atoms with E-state index in [9.17, 15) is 29.7 Å². The van der Waals surface area contributed by atoms with Crippen LogP contribution >= 0.6 is 12.2 Å². The highest BCUT2D eigenvalue weighted by molar-refractivity contribution is 7.78. The van der Waals surface area contributed by atoms with Gasteiger partial charge in [-0.3, -0.25) is 14.4 Å². The molecule has 5 aliphatic rings. The maximum absolute atomic E-state index is 12.4. The SMILES string of the molecule is O=C(CO)c1ccc(C2=C3C=CC(=N3)C(c3ccc(C(=O)CO)cc3)=C3C=CC(=N3)C(c3ccc(C(=O)CO)cc3)=C3C=CC(=N3)C(c3ccc(N=C=S)cc3)=C3C=CC2=N3)cc1. The fourth-order valence-corrected chi connectivity index (χ4v) is 7.87. The molecule has 5 heterocycles. The quantitative estimate of drug-likeness (QED) is 0.0781. The lowest BCUT2D eigenvalue weighted by molar-refractivity contribution is 0.0898. The number of benzene rings is 4. The van der Waals surface area contributed by atoms with Gasteiger partial charge in [-0.25, -0.2) is 20.0 Å². The van der Waals surface area contributed by atoms with Crippen LogP contribution in [0.2, 0.25) is 0 Å². The molecule has 0 amide bonds. The van der Waals surface area contributed by atoms with E-state index >= 15 is 0 Å². The van der Waals surface area contributed by atoms with Crippen LogP contribution < -0.4 is 0 Å². The predicted octanol–water partition coefficient (Wildman–Crippen LogP) is 7.95. The number of rotatable bonds is 11. The third kappa shape index (κ3) is 7.84. The van der Waals surface area contributed by atoms with Crippen LogP contribution in [0.4, 0.5) is 5.69 Å². The van der Waals surface area contributed by atoms with Crippen LogP contribution in [0.25, 0.3) is 22.3 Å². The molecule has 0 aliphatic carbocycles. The van der Waals surface area contributed by atoms with Crippen LogP contribution in [0.1, 0.15) is 53.3 Å². The summed E-state index contributed by atoms with van der Waals surface area (Å²) in [5.74, 6) is -1.22. The molecule has 0 aromatic heterocycles. The Morgan fingerprint density at radius 3 is 0.905 bits per heavy atom. The number of fused-ring (bicyclic) bond motifs is 4. The number of hydrogen-bond acceptors (Lipinski definition) is 12. The number of hydrogen-bond donors (Lipinski definition) is 3. The summed E-state index contributed by atoms with van der Waals surface area (Å²) in [4.78, 5) is 62.4. The van der Waals surface area contributed by atoms with Crippen LogP contribution in [0.3, 0.4) is 0 Å². The Hall–Kier alpha value is -7.83. The van der Waals surface area contributed by atoms with Gasteiger partial charge in [0.25, 0.3) is 0 Å². The Balaban J connectivity index is 1.33. The minimum atomic E-state index is -0.622. The van der Waals surface area contributed by atoms with Gasteiger partial charge in [0.05, 0.1) is 56.5 Å². The number of isothiocyanates is 1. The summed E-state index contributed by atoms with van der Waals surface area (Å²) in [5.41, 5.74) is 12.2. The van der Waals surface area contributed by atoms with Gasteiger partial charge in [-0.1, -0.05) is 84.9 Å². The fraction of sp³-hybridized carbons (Fsp3) is 0.0588. The van der Waals surface area contributed by atoms with Gasteiger partial charge in [0.2, 0.25) is 0 Å². The number of aliphatic hydroxyl groups excluding tert-OH is 3. The van der Waals surface area contributed by atoms with E-state index in [4.69, 9.17) is 32.2 Å². The number of nitrogens with zero attached hydrogens (tertiary/aromatic N) is 5. The van der Waals surface area contributed by atoms with Crippen LogP contribution in [0.15, 0.2) is 193 Å². The maximum Gasteiger partial charge on any atom is 0.188 e. The third-order valence-corrected chi connectivity index (χ3v) is 10.9. The average molecular weight is 844 g/mol. The molecule has 9 rings (SSSR count). The largest absolute Gasteiger partial charge is 0.388 e. The zero-order valence-corrected chi connectivity index (χ0v) is 34.0. The average Bonchev–Trinajstić information content (AvgIpc) is 4.18. The fourth-order valence-electron chi connectivity index (χ4n) is 7.77. The molecule has 11 nitrogen and oxygen atoms in total. The smallest absolute Gasteiger partial charge is 0.188 e. The first kappa shape index (κ1) is 40.6.